The van der Waals surface area contributed by atoms with E-state index in [4.69, 9.17) is 17.3 Å². The van der Waals surface area contributed by atoms with Gasteiger partial charge >= 0.3 is 0 Å². The summed E-state index contributed by atoms with van der Waals surface area (Å²) in [6.07, 6.45) is 3.86. The number of nitrogen functional groups attached to an aromatic ring is 1. The van der Waals surface area contributed by atoms with E-state index >= 15 is 0 Å². The highest BCUT2D eigenvalue weighted by Crippen LogP contribution is 2.28. The van der Waals surface area contributed by atoms with Crippen LogP contribution < -0.4 is 11.1 Å². The van der Waals surface area contributed by atoms with E-state index in [0.717, 1.165) is 28.9 Å². The van der Waals surface area contributed by atoms with Crippen molar-refractivity contribution >= 4 is 23.3 Å². The number of nitrogens with two attached hydrogens (primary N) is 1. The second-order valence-corrected chi connectivity index (χ2v) is 8.33. The molecule has 8 heteroatoms. The number of carbonyl (C=O) groups is 1. The second-order valence-electron chi connectivity index (χ2n) is 7.92. The Kier molecular flexibility index (Phi) is 6.87. The van der Waals surface area contributed by atoms with Crippen LogP contribution in [0.3, 0.4) is 0 Å². The predicted molar refractivity (Wildman–Crippen MR) is 130 cm³/mol. The first-order chi connectivity index (χ1) is 16.0. The highest BCUT2D eigenvalue weighted by molar-refractivity contribution is 6.34. The molecule has 0 aliphatic carbocycles. The van der Waals surface area contributed by atoms with Gasteiger partial charge in [0.05, 0.1) is 27.5 Å². The zero-order valence-corrected chi connectivity index (χ0v) is 19.4. The molecule has 4 rings (SSSR count). The van der Waals surface area contributed by atoms with Crippen molar-refractivity contribution in [3.63, 3.8) is 0 Å². The fraction of sp³-hybridized carbons (Fsp3) is 0.280. The van der Waals surface area contributed by atoms with Crippen LogP contribution in [-0.2, 0) is 6.42 Å². The molecule has 1 aliphatic heterocycles. The van der Waals surface area contributed by atoms with Gasteiger partial charge in [0.2, 0.25) is 0 Å². The Morgan fingerprint density at radius 3 is 2.79 bits per heavy atom. The molecular weight excluding hydrogens is 436 g/mol. The molecule has 168 valence electrons. The van der Waals surface area contributed by atoms with Gasteiger partial charge in [0.1, 0.15) is 12.1 Å². The summed E-state index contributed by atoms with van der Waals surface area (Å²) in [5.41, 5.74) is 9.90. The van der Waals surface area contributed by atoms with E-state index in [1.807, 2.05) is 24.0 Å². The van der Waals surface area contributed by atoms with Gasteiger partial charge in [0.25, 0.3) is 5.91 Å². The first-order valence-electron chi connectivity index (χ1n) is 10.9. The number of hydrogen-bond donors (Lipinski definition) is 2. The number of piperazine rings is 1. The van der Waals surface area contributed by atoms with Crippen molar-refractivity contribution in [1.29, 1.82) is 0 Å². The summed E-state index contributed by atoms with van der Waals surface area (Å²) in [5.74, 6) is 6.70. The standard InChI is InChI=1S/C25H25ClN6O/c1-3-22-20(7-4-17-5-9-23(27)29-13-17)24(31-15-30-22)18-6-8-19(21(26)12-18)25(33)32-11-10-28-16(2)14-32/h5-6,8-9,12-13,15-16,28H,3,10-11,14H2,1-2H3,(H2,27,29)/t16-/m1/s1. The lowest BCUT2D eigenvalue weighted by atomic mass is 10.0. The Morgan fingerprint density at radius 1 is 1.24 bits per heavy atom. The first kappa shape index (κ1) is 22.7. The summed E-state index contributed by atoms with van der Waals surface area (Å²) in [7, 11) is 0. The molecule has 0 bridgehead atoms. The van der Waals surface area contributed by atoms with Crippen molar-refractivity contribution in [2.45, 2.75) is 26.3 Å². The minimum Gasteiger partial charge on any atom is -0.384 e. The van der Waals surface area contributed by atoms with Gasteiger partial charge in [-0.1, -0.05) is 36.4 Å². The lowest BCUT2D eigenvalue weighted by Gasteiger charge is -2.32. The maximum absolute atomic E-state index is 13.0. The molecule has 1 amide bonds. The second kappa shape index (κ2) is 9.99. The molecule has 3 aromatic rings. The van der Waals surface area contributed by atoms with Crippen LogP contribution in [0.1, 0.15) is 41.0 Å². The Labute approximate surface area is 198 Å². The smallest absolute Gasteiger partial charge is 0.255 e. The zero-order valence-electron chi connectivity index (χ0n) is 18.6. The fourth-order valence-electron chi connectivity index (χ4n) is 3.78. The number of hydrogen-bond acceptors (Lipinski definition) is 6. The number of nitrogens with zero attached hydrogens (tertiary/aromatic N) is 4. The van der Waals surface area contributed by atoms with Crippen LogP contribution in [0.5, 0.6) is 0 Å². The lowest BCUT2D eigenvalue weighted by molar-refractivity contribution is 0.0709. The summed E-state index contributed by atoms with van der Waals surface area (Å²) >= 11 is 6.58. The van der Waals surface area contributed by atoms with E-state index in [0.29, 0.717) is 41.6 Å². The molecule has 3 heterocycles. The molecule has 0 spiro atoms. The molecule has 2 aromatic heterocycles. The zero-order chi connectivity index (χ0) is 23.4. The highest BCUT2D eigenvalue weighted by atomic mass is 35.5. The van der Waals surface area contributed by atoms with Gasteiger partial charge in [0, 0.05) is 43.0 Å². The maximum atomic E-state index is 13.0. The van der Waals surface area contributed by atoms with E-state index in [1.54, 1.807) is 24.4 Å². The van der Waals surface area contributed by atoms with Gasteiger partial charge in [-0.15, -0.1) is 0 Å². The average Bonchev–Trinajstić information content (AvgIpc) is 2.83. The van der Waals surface area contributed by atoms with E-state index < -0.39 is 0 Å². The van der Waals surface area contributed by atoms with E-state index in [1.165, 1.54) is 6.33 Å². The Morgan fingerprint density at radius 2 is 2.09 bits per heavy atom. The maximum Gasteiger partial charge on any atom is 0.255 e. The van der Waals surface area contributed by atoms with Crippen LogP contribution in [-0.4, -0.2) is 51.4 Å². The molecule has 0 unspecified atom stereocenters. The molecule has 1 aliphatic rings. The minimum absolute atomic E-state index is 0.0623. The van der Waals surface area contributed by atoms with Gasteiger partial charge < -0.3 is 16.0 Å². The van der Waals surface area contributed by atoms with Crippen LogP contribution in [0.2, 0.25) is 5.02 Å². The number of amides is 1. The topological polar surface area (TPSA) is 97.0 Å². The number of aromatic nitrogens is 3. The number of carbonyl (C=O) groups excluding carboxylic acids is 1. The van der Waals surface area contributed by atoms with Crippen molar-refractivity contribution in [1.82, 2.24) is 25.2 Å². The summed E-state index contributed by atoms with van der Waals surface area (Å²) in [5, 5.41) is 3.73. The van der Waals surface area contributed by atoms with Crippen LogP contribution in [0.25, 0.3) is 11.3 Å². The third-order valence-electron chi connectivity index (χ3n) is 5.51. The number of benzene rings is 1. The number of rotatable bonds is 3. The van der Waals surface area contributed by atoms with Gasteiger partial charge in [-0.3, -0.25) is 4.79 Å². The third-order valence-corrected chi connectivity index (χ3v) is 5.82. The average molecular weight is 461 g/mol. The first-order valence-corrected chi connectivity index (χ1v) is 11.2. The van der Waals surface area contributed by atoms with Crippen molar-refractivity contribution in [3.8, 4) is 23.1 Å². The molecule has 33 heavy (non-hydrogen) atoms. The molecule has 3 N–H and O–H groups in total. The number of anilines is 1. The van der Waals surface area contributed by atoms with E-state index in [2.05, 4.69) is 39.0 Å². The quantitative estimate of drug-likeness (QED) is 0.583. The summed E-state index contributed by atoms with van der Waals surface area (Å²) in [6, 6.07) is 9.19. The fourth-order valence-corrected chi connectivity index (χ4v) is 4.04. The number of halogens is 1. The molecule has 1 fully saturated rings. The van der Waals surface area contributed by atoms with E-state index in [9.17, 15) is 4.79 Å². The Balaban J connectivity index is 1.69. The van der Waals surface area contributed by atoms with Crippen LogP contribution >= 0.6 is 11.6 Å². The predicted octanol–water partition coefficient (Wildman–Crippen LogP) is 3.17. The SMILES string of the molecule is CCc1ncnc(-c2ccc(C(=O)N3CCN[C@H](C)C3)c(Cl)c2)c1C#Cc1ccc(N)nc1. The number of nitrogens with one attached hydrogen (secondary N) is 1. The minimum atomic E-state index is -0.0623. The monoisotopic (exact) mass is 460 g/mol. The van der Waals surface area contributed by atoms with Gasteiger partial charge in [-0.2, -0.15) is 0 Å². The molecule has 1 saturated heterocycles. The number of pyridine rings is 1. The lowest BCUT2D eigenvalue weighted by Crippen LogP contribution is -2.51. The molecule has 1 aromatic carbocycles. The number of aryl methyl sites for hydroxylation is 1. The van der Waals surface area contributed by atoms with Crippen molar-refractivity contribution < 1.29 is 4.79 Å². The van der Waals surface area contributed by atoms with Gasteiger partial charge in [-0.25, -0.2) is 15.0 Å². The molecule has 0 radical (unpaired) electrons. The van der Waals surface area contributed by atoms with E-state index in [-0.39, 0.29) is 11.9 Å². The van der Waals surface area contributed by atoms with Crippen LogP contribution in [0.15, 0.2) is 42.9 Å². The molecular formula is C25H25ClN6O. The van der Waals surface area contributed by atoms with Crippen molar-refractivity contribution in [2.75, 3.05) is 25.4 Å². The van der Waals surface area contributed by atoms with Gasteiger partial charge in [-0.05, 0) is 37.6 Å². The third kappa shape index (κ3) is 5.14. The summed E-state index contributed by atoms with van der Waals surface area (Å²) < 4.78 is 0. The Bertz CT molecular complexity index is 1230. The molecule has 1 atom stereocenters. The van der Waals surface area contributed by atoms with Crippen molar-refractivity contribution in [2.24, 2.45) is 0 Å². The summed E-state index contributed by atoms with van der Waals surface area (Å²) in [6.45, 7) is 6.17. The van der Waals surface area contributed by atoms with Crippen LogP contribution in [0.4, 0.5) is 5.82 Å². The normalized spacial score (nSPS) is 15.6. The molecule has 7 nitrogen and oxygen atoms in total. The molecule has 0 saturated carbocycles. The van der Waals surface area contributed by atoms with Gasteiger partial charge in [0.15, 0.2) is 0 Å². The highest BCUT2D eigenvalue weighted by Gasteiger charge is 2.24. The largest absolute Gasteiger partial charge is 0.384 e. The summed E-state index contributed by atoms with van der Waals surface area (Å²) in [4.78, 5) is 27.8. The Hall–Kier alpha value is -3.47. The van der Waals surface area contributed by atoms with Crippen LogP contribution in [0, 0.1) is 11.8 Å². The van der Waals surface area contributed by atoms with Crippen molar-refractivity contribution in [3.05, 3.63) is 70.3 Å².